The van der Waals surface area contributed by atoms with Gasteiger partial charge in [0.15, 0.2) is 11.6 Å². The molecule has 7 heteroatoms. The standard InChI is InChI=1S/C24H19F2N3O2/c25-21-7-3-18(14-22(21)26)17-4-8-23(19(13-17)15-27)28-20-5-1-16(2-6-20)24(30)29-9-11-31-12-10-29/h1-8,13-14,28H,9-12H2. The summed E-state index contributed by atoms with van der Waals surface area (Å²) in [6, 6.07) is 17.8. The number of carbonyl (C=O) groups excluding carboxylic acids is 1. The van der Waals surface area contributed by atoms with Crippen LogP contribution in [0.3, 0.4) is 0 Å². The zero-order chi connectivity index (χ0) is 21.8. The van der Waals surface area contributed by atoms with Crippen LogP contribution < -0.4 is 5.32 Å². The lowest BCUT2D eigenvalue weighted by molar-refractivity contribution is 0.0303. The Hall–Kier alpha value is -3.76. The third-order valence-electron chi connectivity index (χ3n) is 5.10. The van der Waals surface area contributed by atoms with Crippen molar-refractivity contribution in [1.29, 1.82) is 5.26 Å². The Bertz CT molecular complexity index is 1150. The second-order valence-electron chi connectivity index (χ2n) is 7.11. The number of hydrogen-bond acceptors (Lipinski definition) is 4. The van der Waals surface area contributed by atoms with Gasteiger partial charge in [0, 0.05) is 24.3 Å². The lowest BCUT2D eigenvalue weighted by Gasteiger charge is -2.26. The number of nitriles is 1. The molecular weight excluding hydrogens is 400 g/mol. The van der Waals surface area contributed by atoms with Crippen molar-refractivity contribution >= 4 is 17.3 Å². The van der Waals surface area contributed by atoms with E-state index < -0.39 is 11.6 Å². The van der Waals surface area contributed by atoms with Crippen LogP contribution in [0.2, 0.25) is 0 Å². The minimum Gasteiger partial charge on any atom is -0.378 e. The van der Waals surface area contributed by atoms with Crippen LogP contribution in [0.1, 0.15) is 15.9 Å². The fraction of sp³-hybridized carbons (Fsp3) is 0.167. The summed E-state index contributed by atoms with van der Waals surface area (Å²) in [7, 11) is 0. The first-order valence-electron chi connectivity index (χ1n) is 9.79. The molecule has 1 amide bonds. The van der Waals surface area contributed by atoms with Crippen LogP contribution in [0.15, 0.2) is 60.7 Å². The van der Waals surface area contributed by atoms with Crippen molar-refractivity contribution in [3.05, 3.63) is 83.4 Å². The number of morpholine rings is 1. The van der Waals surface area contributed by atoms with Gasteiger partial charge in [-0.25, -0.2) is 8.78 Å². The van der Waals surface area contributed by atoms with Gasteiger partial charge in [0.05, 0.1) is 24.5 Å². The lowest BCUT2D eigenvalue weighted by atomic mass is 10.0. The molecule has 0 aliphatic carbocycles. The number of ether oxygens (including phenoxy) is 1. The molecule has 156 valence electrons. The third kappa shape index (κ3) is 4.55. The summed E-state index contributed by atoms with van der Waals surface area (Å²) >= 11 is 0. The molecule has 0 saturated carbocycles. The van der Waals surface area contributed by atoms with Gasteiger partial charge >= 0.3 is 0 Å². The van der Waals surface area contributed by atoms with Gasteiger partial charge in [-0.1, -0.05) is 12.1 Å². The van der Waals surface area contributed by atoms with Crippen LogP contribution in [0, 0.1) is 23.0 Å². The highest BCUT2D eigenvalue weighted by atomic mass is 19.2. The predicted molar refractivity (Wildman–Crippen MR) is 113 cm³/mol. The monoisotopic (exact) mass is 419 g/mol. The van der Waals surface area contributed by atoms with Crippen molar-refractivity contribution in [2.75, 3.05) is 31.6 Å². The Morgan fingerprint density at radius 2 is 1.61 bits per heavy atom. The molecule has 31 heavy (non-hydrogen) atoms. The smallest absolute Gasteiger partial charge is 0.254 e. The fourth-order valence-corrected chi connectivity index (χ4v) is 3.40. The van der Waals surface area contributed by atoms with Crippen LogP contribution in [-0.2, 0) is 4.74 Å². The van der Waals surface area contributed by atoms with E-state index in [9.17, 15) is 18.8 Å². The third-order valence-corrected chi connectivity index (χ3v) is 5.10. The average molecular weight is 419 g/mol. The van der Waals surface area contributed by atoms with Crippen LogP contribution in [0.4, 0.5) is 20.2 Å². The molecule has 0 spiro atoms. The molecule has 1 aliphatic heterocycles. The summed E-state index contributed by atoms with van der Waals surface area (Å²) in [5.41, 5.74) is 3.31. The van der Waals surface area contributed by atoms with Gasteiger partial charge in [-0.15, -0.1) is 0 Å². The molecule has 0 radical (unpaired) electrons. The lowest BCUT2D eigenvalue weighted by Crippen LogP contribution is -2.40. The van der Waals surface area contributed by atoms with E-state index in [-0.39, 0.29) is 5.91 Å². The molecule has 0 bridgehead atoms. The maximum atomic E-state index is 13.5. The number of anilines is 2. The topological polar surface area (TPSA) is 65.4 Å². The summed E-state index contributed by atoms with van der Waals surface area (Å²) in [6.45, 7) is 2.25. The minimum atomic E-state index is -0.940. The molecule has 1 fully saturated rings. The largest absolute Gasteiger partial charge is 0.378 e. The normalized spacial score (nSPS) is 13.5. The van der Waals surface area contributed by atoms with Gasteiger partial charge in [0.25, 0.3) is 5.91 Å². The van der Waals surface area contributed by atoms with E-state index in [1.54, 1.807) is 47.4 Å². The first kappa shape index (κ1) is 20.5. The van der Waals surface area contributed by atoms with E-state index in [1.807, 2.05) is 0 Å². The molecule has 0 atom stereocenters. The number of carbonyl (C=O) groups is 1. The summed E-state index contributed by atoms with van der Waals surface area (Å²) in [6.07, 6.45) is 0. The highest BCUT2D eigenvalue weighted by Gasteiger charge is 2.18. The molecular formula is C24H19F2N3O2. The van der Waals surface area contributed by atoms with Crippen LogP contribution >= 0.6 is 0 Å². The second-order valence-corrected chi connectivity index (χ2v) is 7.11. The molecule has 3 aromatic rings. The minimum absolute atomic E-state index is 0.0385. The average Bonchev–Trinajstić information content (AvgIpc) is 2.82. The van der Waals surface area contributed by atoms with Crippen molar-refractivity contribution in [2.45, 2.75) is 0 Å². The molecule has 0 unspecified atom stereocenters. The van der Waals surface area contributed by atoms with Crippen molar-refractivity contribution < 1.29 is 18.3 Å². The Labute approximate surface area is 178 Å². The number of rotatable bonds is 4. The van der Waals surface area contributed by atoms with E-state index in [4.69, 9.17) is 4.74 Å². The van der Waals surface area contributed by atoms with E-state index >= 15 is 0 Å². The van der Waals surface area contributed by atoms with Gasteiger partial charge in [0.2, 0.25) is 0 Å². The Morgan fingerprint density at radius 3 is 2.29 bits per heavy atom. The Kier molecular flexibility index (Phi) is 5.92. The van der Waals surface area contributed by atoms with Crippen LogP contribution in [0.25, 0.3) is 11.1 Å². The van der Waals surface area contributed by atoms with E-state index in [0.717, 1.165) is 17.8 Å². The zero-order valence-corrected chi connectivity index (χ0v) is 16.6. The number of benzene rings is 3. The van der Waals surface area contributed by atoms with E-state index in [0.29, 0.717) is 54.2 Å². The maximum absolute atomic E-state index is 13.5. The summed E-state index contributed by atoms with van der Waals surface area (Å²) < 4.78 is 32.0. The quantitative estimate of drug-likeness (QED) is 0.665. The number of halogens is 2. The van der Waals surface area contributed by atoms with Crippen molar-refractivity contribution in [3.8, 4) is 17.2 Å². The van der Waals surface area contributed by atoms with E-state index in [1.165, 1.54) is 6.07 Å². The summed E-state index contributed by atoms with van der Waals surface area (Å²) in [5.74, 6) is -1.90. The number of amides is 1. The molecule has 4 rings (SSSR count). The molecule has 1 saturated heterocycles. The highest BCUT2D eigenvalue weighted by molar-refractivity contribution is 5.94. The number of nitrogens with one attached hydrogen (secondary N) is 1. The van der Waals surface area contributed by atoms with Crippen molar-refractivity contribution in [1.82, 2.24) is 4.90 Å². The van der Waals surface area contributed by atoms with Gasteiger partial charge < -0.3 is 15.0 Å². The van der Waals surface area contributed by atoms with Gasteiger partial charge in [-0.2, -0.15) is 5.26 Å². The molecule has 1 heterocycles. The molecule has 3 aromatic carbocycles. The number of hydrogen-bond donors (Lipinski definition) is 1. The SMILES string of the molecule is N#Cc1cc(-c2ccc(F)c(F)c2)ccc1Nc1ccc(C(=O)N2CCOCC2)cc1. The molecule has 1 aliphatic rings. The maximum Gasteiger partial charge on any atom is 0.254 e. The first-order chi connectivity index (χ1) is 15.0. The molecule has 1 N–H and O–H groups in total. The Morgan fingerprint density at radius 1 is 0.935 bits per heavy atom. The number of nitrogens with zero attached hydrogens (tertiary/aromatic N) is 2. The highest BCUT2D eigenvalue weighted by Crippen LogP contribution is 2.28. The molecule has 0 aromatic heterocycles. The summed E-state index contributed by atoms with van der Waals surface area (Å²) in [5, 5.41) is 12.7. The summed E-state index contributed by atoms with van der Waals surface area (Å²) in [4.78, 5) is 14.3. The van der Waals surface area contributed by atoms with Crippen LogP contribution in [-0.4, -0.2) is 37.1 Å². The molecule has 5 nitrogen and oxygen atoms in total. The van der Waals surface area contributed by atoms with Crippen LogP contribution in [0.5, 0.6) is 0 Å². The Balaban J connectivity index is 1.51. The van der Waals surface area contributed by atoms with Gasteiger partial charge in [-0.3, -0.25) is 4.79 Å². The zero-order valence-electron chi connectivity index (χ0n) is 16.6. The van der Waals surface area contributed by atoms with Gasteiger partial charge in [0.1, 0.15) is 6.07 Å². The van der Waals surface area contributed by atoms with E-state index in [2.05, 4.69) is 11.4 Å². The first-order valence-corrected chi connectivity index (χ1v) is 9.79. The fourth-order valence-electron chi connectivity index (χ4n) is 3.40. The van der Waals surface area contributed by atoms with Gasteiger partial charge in [-0.05, 0) is 59.7 Å². The van der Waals surface area contributed by atoms with Crippen molar-refractivity contribution in [2.24, 2.45) is 0 Å². The predicted octanol–water partition coefficient (Wildman–Crippen LogP) is 4.72. The van der Waals surface area contributed by atoms with Crippen molar-refractivity contribution in [3.63, 3.8) is 0 Å². The second kappa shape index (κ2) is 8.94.